The number of likely N-dealkylation sites (N-methyl/N-ethyl adjacent to an activating group) is 1. The number of thioether (sulfide) groups is 1. The van der Waals surface area contributed by atoms with Gasteiger partial charge in [-0.1, -0.05) is 37.3 Å². The molecule has 1 N–H and O–H groups in total. The van der Waals surface area contributed by atoms with Gasteiger partial charge in [-0.15, -0.1) is 11.8 Å². The second-order valence-electron chi connectivity index (χ2n) is 8.85. The number of hydrogen-bond donors (Lipinski definition) is 1. The monoisotopic (exact) mass is 466 g/mol. The van der Waals surface area contributed by atoms with Gasteiger partial charge in [0.25, 0.3) is 0 Å². The highest BCUT2D eigenvalue weighted by Gasteiger charge is 2.35. The molecular weight excluding hydrogens is 432 g/mol. The Morgan fingerprint density at radius 2 is 1.73 bits per heavy atom. The fourth-order valence-electron chi connectivity index (χ4n) is 4.53. The molecule has 0 aliphatic carbocycles. The van der Waals surface area contributed by atoms with Gasteiger partial charge in [-0.3, -0.25) is 14.5 Å². The van der Waals surface area contributed by atoms with Crippen molar-refractivity contribution < 1.29 is 9.59 Å². The third kappa shape index (κ3) is 6.16. The minimum Gasteiger partial charge on any atom is -0.352 e. The van der Waals surface area contributed by atoms with Crippen LogP contribution >= 0.6 is 11.8 Å². The molecule has 0 spiro atoms. The summed E-state index contributed by atoms with van der Waals surface area (Å²) in [6, 6.07) is 16.4. The lowest BCUT2D eigenvalue weighted by atomic mass is 10.1. The first kappa shape index (κ1) is 23.8. The maximum atomic E-state index is 12.7. The van der Waals surface area contributed by atoms with Gasteiger partial charge in [-0.25, -0.2) is 0 Å². The Labute approximate surface area is 201 Å². The largest absolute Gasteiger partial charge is 0.352 e. The molecule has 1 unspecified atom stereocenters. The van der Waals surface area contributed by atoms with Crippen LogP contribution in [0.4, 0.5) is 5.69 Å². The Balaban J connectivity index is 1.25. The minimum absolute atomic E-state index is 0.0116. The highest BCUT2D eigenvalue weighted by molar-refractivity contribution is 7.98. The quantitative estimate of drug-likeness (QED) is 0.606. The summed E-state index contributed by atoms with van der Waals surface area (Å²) in [7, 11) is 0. The molecule has 176 valence electrons. The van der Waals surface area contributed by atoms with Crippen LogP contribution in [0.3, 0.4) is 0 Å². The zero-order valence-corrected chi connectivity index (χ0v) is 20.4. The number of carbonyl (C=O) groups is 2. The van der Waals surface area contributed by atoms with Crippen LogP contribution in [0.1, 0.15) is 24.5 Å². The number of carbonyl (C=O) groups excluding carboxylic acids is 2. The molecule has 33 heavy (non-hydrogen) atoms. The van der Waals surface area contributed by atoms with Crippen molar-refractivity contribution in [3.8, 4) is 0 Å². The van der Waals surface area contributed by atoms with Gasteiger partial charge >= 0.3 is 0 Å². The van der Waals surface area contributed by atoms with Crippen LogP contribution in [0.15, 0.2) is 53.4 Å². The predicted octanol–water partition coefficient (Wildman–Crippen LogP) is 3.22. The summed E-state index contributed by atoms with van der Waals surface area (Å²) in [4.78, 5) is 33.1. The highest BCUT2D eigenvalue weighted by Crippen LogP contribution is 2.28. The summed E-state index contributed by atoms with van der Waals surface area (Å²) in [5.41, 5.74) is 3.25. The number of anilines is 1. The molecule has 2 heterocycles. The summed E-state index contributed by atoms with van der Waals surface area (Å²) >= 11 is 1.65. The molecule has 2 aromatic rings. The number of piperazine rings is 1. The van der Waals surface area contributed by atoms with Gasteiger partial charge in [0.1, 0.15) is 0 Å². The van der Waals surface area contributed by atoms with E-state index in [1.165, 1.54) is 5.56 Å². The van der Waals surface area contributed by atoms with E-state index in [-0.39, 0.29) is 24.2 Å². The van der Waals surface area contributed by atoms with Gasteiger partial charge < -0.3 is 15.1 Å². The molecule has 0 bridgehead atoms. The van der Waals surface area contributed by atoms with E-state index in [4.69, 9.17) is 0 Å². The van der Waals surface area contributed by atoms with Crippen molar-refractivity contribution in [2.75, 3.05) is 50.4 Å². The Kier molecular flexibility index (Phi) is 8.06. The van der Waals surface area contributed by atoms with Crippen molar-refractivity contribution in [2.45, 2.75) is 31.3 Å². The zero-order chi connectivity index (χ0) is 23.2. The Morgan fingerprint density at radius 1 is 1.03 bits per heavy atom. The van der Waals surface area contributed by atoms with E-state index in [0.717, 1.165) is 55.4 Å². The van der Waals surface area contributed by atoms with Crippen LogP contribution in [0.2, 0.25) is 0 Å². The van der Waals surface area contributed by atoms with Gasteiger partial charge in [0.2, 0.25) is 11.8 Å². The molecule has 2 aromatic carbocycles. The van der Waals surface area contributed by atoms with E-state index in [0.29, 0.717) is 13.1 Å². The number of rotatable bonds is 8. The van der Waals surface area contributed by atoms with Crippen molar-refractivity contribution in [1.82, 2.24) is 15.1 Å². The predicted molar refractivity (Wildman–Crippen MR) is 134 cm³/mol. The summed E-state index contributed by atoms with van der Waals surface area (Å²) in [5.74, 6) is -0.348. The average molecular weight is 467 g/mol. The fraction of sp³-hybridized carbons (Fsp3) is 0.462. The van der Waals surface area contributed by atoms with Crippen molar-refractivity contribution in [1.29, 1.82) is 0 Å². The first-order valence-electron chi connectivity index (χ1n) is 11.8. The molecule has 7 heteroatoms. The topological polar surface area (TPSA) is 55.9 Å². The number of hydrogen-bond acceptors (Lipinski definition) is 5. The van der Waals surface area contributed by atoms with Crippen LogP contribution in [0.5, 0.6) is 0 Å². The van der Waals surface area contributed by atoms with Crippen LogP contribution in [0.25, 0.3) is 0 Å². The molecule has 0 aromatic heterocycles. The summed E-state index contributed by atoms with van der Waals surface area (Å²) < 4.78 is 0. The second-order valence-corrected chi connectivity index (χ2v) is 9.73. The normalized spacial score (nSPS) is 19.8. The molecule has 2 amide bonds. The SMILES string of the molecule is CCN1CCN(Cc2ccc(CNC(=O)C3CC(=O)N(c4cccc(SC)c4)C3)cc2)CC1. The number of nitrogens with zero attached hydrogens (tertiary/aromatic N) is 3. The molecule has 2 aliphatic rings. The first-order chi connectivity index (χ1) is 16.1. The van der Waals surface area contributed by atoms with E-state index in [1.807, 2.05) is 30.5 Å². The van der Waals surface area contributed by atoms with Gasteiger partial charge in [-0.05, 0) is 42.1 Å². The zero-order valence-electron chi connectivity index (χ0n) is 19.6. The molecule has 2 fully saturated rings. The Hall–Kier alpha value is -2.35. The van der Waals surface area contributed by atoms with Crippen molar-refractivity contribution in [3.63, 3.8) is 0 Å². The molecule has 4 rings (SSSR count). The van der Waals surface area contributed by atoms with E-state index >= 15 is 0 Å². The lowest BCUT2D eigenvalue weighted by molar-refractivity contribution is -0.126. The fourth-order valence-corrected chi connectivity index (χ4v) is 4.98. The number of benzene rings is 2. The van der Waals surface area contributed by atoms with Crippen LogP contribution < -0.4 is 10.2 Å². The Bertz CT molecular complexity index is 957. The molecule has 1 atom stereocenters. The molecule has 2 aliphatic heterocycles. The molecular formula is C26H34N4O2S. The van der Waals surface area contributed by atoms with Crippen molar-refractivity contribution in [3.05, 3.63) is 59.7 Å². The van der Waals surface area contributed by atoms with Crippen molar-refractivity contribution >= 4 is 29.3 Å². The maximum absolute atomic E-state index is 12.7. The van der Waals surface area contributed by atoms with Crippen molar-refractivity contribution in [2.24, 2.45) is 5.92 Å². The highest BCUT2D eigenvalue weighted by atomic mass is 32.2. The van der Waals surface area contributed by atoms with E-state index in [9.17, 15) is 9.59 Å². The summed E-state index contributed by atoms with van der Waals surface area (Å²) in [6.45, 7) is 9.77. The number of amides is 2. The van der Waals surface area contributed by atoms with Gasteiger partial charge in [0.05, 0.1) is 5.92 Å². The Morgan fingerprint density at radius 3 is 2.42 bits per heavy atom. The molecule has 6 nitrogen and oxygen atoms in total. The summed E-state index contributed by atoms with van der Waals surface area (Å²) in [6.07, 6.45) is 2.28. The smallest absolute Gasteiger partial charge is 0.227 e. The van der Waals surface area contributed by atoms with E-state index in [2.05, 4.69) is 46.3 Å². The van der Waals surface area contributed by atoms with E-state index in [1.54, 1.807) is 16.7 Å². The van der Waals surface area contributed by atoms with Gasteiger partial charge in [0.15, 0.2) is 0 Å². The van der Waals surface area contributed by atoms with E-state index < -0.39 is 0 Å². The van der Waals surface area contributed by atoms with Crippen LogP contribution in [0, 0.1) is 5.92 Å². The molecule has 0 radical (unpaired) electrons. The molecule has 2 saturated heterocycles. The lowest BCUT2D eigenvalue weighted by Crippen LogP contribution is -2.45. The van der Waals surface area contributed by atoms with Crippen LogP contribution in [-0.4, -0.2) is 67.1 Å². The standard InChI is InChI=1S/C26H34N4O2S/c1-3-28-11-13-29(14-12-28)18-21-9-7-20(8-10-21)17-27-26(32)22-15-25(31)30(19-22)23-5-4-6-24(16-23)33-2/h4-10,16,22H,3,11-15,17-19H2,1-2H3,(H,27,32). The third-order valence-corrected chi connectivity index (χ3v) is 7.39. The van der Waals surface area contributed by atoms with Crippen LogP contribution in [-0.2, 0) is 22.7 Å². The minimum atomic E-state index is -0.309. The third-order valence-electron chi connectivity index (χ3n) is 6.67. The first-order valence-corrected chi connectivity index (χ1v) is 13.0. The average Bonchev–Trinajstić information content (AvgIpc) is 3.25. The molecule has 0 saturated carbocycles. The lowest BCUT2D eigenvalue weighted by Gasteiger charge is -2.34. The number of nitrogens with one attached hydrogen (secondary N) is 1. The summed E-state index contributed by atoms with van der Waals surface area (Å²) in [5, 5.41) is 3.03. The second kappa shape index (κ2) is 11.2. The van der Waals surface area contributed by atoms with Gasteiger partial charge in [0, 0.05) is 62.8 Å². The van der Waals surface area contributed by atoms with Gasteiger partial charge in [-0.2, -0.15) is 0 Å². The maximum Gasteiger partial charge on any atom is 0.227 e.